The molecule has 0 radical (unpaired) electrons. The van der Waals surface area contributed by atoms with Gasteiger partial charge in [-0.25, -0.2) is 4.98 Å². The van der Waals surface area contributed by atoms with Gasteiger partial charge in [0.1, 0.15) is 5.82 Å². The minimum absolute atomic E-state index is 0.00721. The van der Waals surface area contributed by atoms with E-state index in [0.717, 1.165) is 31.2 Å². The number of carbonyl (C=O) groups is 4. The fourth-order valence-corrected chi connectivity index (χ4v) is 5.03. The first kappa shape index (κ1) is 22.2. The lowest BCUT2D eigenvalue weighted by Gasteiger charge is -2.31. The van der Waals surface area contributed by atoms with E-state index < -0.39 is 0 Å². The maximum absolute atomic E-state index is 12.9. The van der Waals surface area contributed by atoms with Crippen LogP contribution in [0.3, 0.4) is 0 Å². The van der Waals surface area contributed by atoms with E-state index in [2.05, 4.69) is 15.6 Å². The van der Waals surface area contributed by atoms with Gasteiger partial charge in [0.15, 0.2) is 0 Å². The number of nitrogens with zero attached hydrogens (tertiary/aromatic N) is 2. The number of amides is 3. The second-order valence-electron chi connectivity index (χ2n) is 8.96. The van der Waals surface area contributed by atoms with Crippen LogP contribution in [0.2, 0.25) is 0 Å². The molecule has 172 valence electrons. The molecule has 2 N–H and O–H groups in total. The highest BCUT2D eigenvalue weighted by atomic mass is 16.5. The summed E-state index contributed by atoms with van der Waals surface area (Å²) in [6, 6.07) is 3.91. The Balaban J connectivity index is 1.28. The lowest BCUT2D eigenvalue weighted by Crippen LogP contribution is -2.39. The molecule has 3 heterocycles. The molecule has 2 aliphatic heterocycles. The first-order valence-corrected chi connectivity index (χ1v) is 11.4. The van der Waals surface area contributed by atoms with E-state index in [-0.39, 0.29) is 47.5 Å². The van der Waals surface area contributed by atoms with Gasteiger partial charge in [-0.1, -0.05) is 0 Å². The lowest BCUT2D eigenvalue weighted by molar-refractivity contribution is -0.145. The summed E-state index contributed by atoms with van der Waals surface area (Å²) < 4.78 is 4.81. The SMILES string of the molecule is COC(=O)[C@@H]1CCN(C(=O)C2CCC(Nc3cc(C4CCC(=O)NC4=O)ccn3)CC2)C1. The fraction of sp³-hybridized carbons (Fsp3) is 0.609. The summed E-state index contributed by atoms with van der Waals surface area (Å²) in [5, 5.41) is 5.85. The monoisotopic (exact) mass is 442 g/mol. The normalized spacial score (nSPS) is 28.2. The highest BCUT2D eigenvalue weighted by Crippen LogP contribution is 2.31. The second kappa shape index (κ2) is 9.67. The molecule has 1 aromatic rings. The number of carbonyl (C=O) groups excluding carboxylic acids is 4. The van der Waals surface area contributed by atoms with Crippen molar-refractivity contribution >= 4 is 29.5 Å². The number of esters is 1. The van der Waals surface area contributed by atoms with E-state index in [9.17, 15) is 19.2 Å². The van der Waals surface area contributed by atoms with Crippen LogP contribution in [0, 0.1) is 11.8 Å². The van der Waals surface area contributed by atoms with Crippen LogP contribution in [0.25, 0.3) is 0 Å². The Hall–Kier alpha value is -2.97. The zero-order valence-corrected chi connectivity index (χ0v) is 18.3. The second-order valence-corrected chi connectivity index (χ2v) is 8.96. The van der Waals surface area contributed by atoms with Crippen LogP contribution in [-0.2, 0) is 23.9 Å². The van der Waals surface area contributed by atoms with Gasteiger partial charge in [0, 0.05) is 37.7 Å². The smallest absolute Gasteiger partial charge is 0.310 e. The number of piperidine rings is 1. The van der Waals surface area contributed by atoms with E-state index in [1.165, 1.54) is 7.11 Å². The molecule has 32 heavy (non-hydrogen) atoms. The maximum atomic E-state index is 12.9. The quantitative estimate of drug-likeness (QED) is 0.525. The van der Waals surface area contributed by atoms with E-state index in [0.29, 0.717) is 38.2 Å². The molecule has 1 unspecified atom stereocenters. The van der Waals surface area contributed by atoms with Gasteiger partial charge in [0.2, 0.25) is 17.7 Å². The summed E-state index contributed by atoms with van der Waals surface area (Å²) in [7, 11) is 1.39. The molecule has 2 saturated heterocycles. The average Bonchev–Trinajstić information content (AvgIpc) is 3.29. The Labute approximate surface area is 187 Å². The minimum Gasteiger partial charge on any atom is -0.469 e. The highest BCUT2D eigenvalue weighted by Gasteiger charge is 2.36. The number of methoxy groups -OCH3 is 1. The summed E-state index contributed by atoms with van der Waals surface area (Å²) >= 11 is 0. The molecule has 9 nitrogen and oxygen atoms in total. The maximum Gasteiger partial charge on any atom is 0.310 e. The fourth-order valence-electron chi connectivity index (χ4n) is 5.03. The number of hydrogen-bond acceptors (Lipinski definition) is 7. The molecule has 3 amide bonds. The molecule has 2 atom stereocenters. The Bertz CT molecular complexity index is 896. The molecule has 0 bridgehead atoms. The van der Waals surface area contributed by atoms with Crippen LogP contribution < -0.4 is 10.6 Å². The molecule has 1 aromatic heterocycles. The lowest BCUT2D eigenvalue weighted by atomic mass is 9.85. The standard InChI is InChI=1S/C23H30N4O5/c1-32-23(31)16-9-11-27(13-16)22(30)14-2-4-17(5-3-14)25-19-12-15(8-10-24-19)18-6-7-20(28)26-21(18)29/h8,10,12,14,16-18H,2-7,9,11,13H2,1H3,(H,24,25)(H,26,28,29)/t14?,16-,17?,18?/m1/s1. The van der Waals surface area contributed by atoms with E-state index in [4.69, 9.17) is 4.74 Å². The number of imide groups is 1. The number of likely N-dealkylation sites (tertiary alicyclic amines) is 1. The highest BCUT2D eigenvalue weighted by molar-refractivity contribution is 6.01. The van der Waals surface area contributed by atoms with Gasteiger partial charge in [-0.05, 0) is 56.2 Å². The summed E-state index contributed by atoms with van der Waals surface area (Å²) in [5.41, 5.74) is 0.852. The van der Waals surface area contributed by atoms with Crippen molar-refractivity contribution in [3.8, 4) is 0 Å². The number of ether oxygens (including phenoxy) is 1. The van der Waals surface area contributed by atoms with Crippen molar-refractivity contribution in [1.29, 1.82) is 0 Å². The molecule has 1 aliphatic carbocycles. The van der Waals surface area contributed by atoms with Gasteiger partial charge in [0.05, 0.1) is 18.9 Å². The van der Waals surface area contributed by atoms with Gasteiger partial charge >= 0.3 is 5.97 Å². The van der Waals surface area contributed by atoms with Gasteiger partial charge in [0.25, 0.3) is 0 Å². The molecule has 3 aliphatic rings. The zero-order chi connectivity index (χ0) is 22.7. The number of hydrogen-bond donors (Lipinski definition) is 2. The number of rotatable bonds is 5. The summed E-state index contributed by atoms with van der Waals surface area (Å²) in [6.45, 7) is 1.08. The molecular weight excluding hydrogens is 412 g/mol. The number of anilines is 1. The summed E-state index contributed by atoms with van der Waals surface area (Å²) in [5.74, 6) is -0.403. The van der Waals surface area contributed by atoms with Gasteiger partial charge in [-0.2, -0.15) is 0 Å². The van der Waals surface area contributed by atoms with E-state index in [1.54, 1.807) is 6.20 Å². The molecule has 4 rings (SSSR count). The van der Waals surface area contributed by atoms with E-state index in [1.807, 2.05) is 17.0 Å². The van der Waals surface area contributed by atoms with Crippen LogP contribution in [0.4, 0.5) is 5.82 Å². The van der Waals surface area contributed by atoms with Crippen molar-refractivity contribution in [3.63, 3.8) is 0 Å². The molecule has 0 spiro atoms. The number of aromatic nitrogens is 1. The van der Waals surface area contributed by atoms with Crippen LogP contribution in [0.5, 0.6) is 0 Å². The number of nitrogens with one attached hydrogen (secondary N) is 2. The Morgan fingerprint density at radius 1 is 1.12 bits per heavy atom. The van der Waals surface area contributed by atoms with E-state index >= 15 is 0 Å². The zero-order valence-electron chi connectivity index (χ0n) is 18.3. The van der Waals surface area contributed by atoms with Gasteiger partial charge in [-0.15, -0.1) is 0 Å². The van der Waals surface area contributed by atoms with Crippen molar-refractivity contribution in [2.75, 3.05) is 25.5 Å². The number of pyridine rings is 1. The molecule has 1 saturated carbocycles. The first-order chi connectivity index (χ1) is 15.4. The van der Waals surface area contributed by atoms with Crippen molar-refractivity contribution < 1.29 is 23.9 Å². The third-order valence-corrected chi connectivity index (χ3v) is 6.89. The van der Waals surface area contributed by atoms with Crippen LogP contribution in [-0.4, -0.2) is 59.8 Å². The molecule has 3 fully saturated rings. The largest absolute Gasteiger partial charge is 0.469 e. The Morgan fingerprint density at radius 3 is 2.62 bits per heavy atom. The van der Waals surface area contributed by atoms with Crippen LogP contribution in [0.15, 0.2) is 18.3 Å². The summed E-state index contributed by atoms with van der Waals surface area (Å²) in [6.07, 6.45) is 6.51. The third kappa shape index (κ3) is 4.92. The molecular formula is C23H30N4O5. The van der Waals surface area contributed by atoms with Crippen molar-refractivity contribution in [2.24, 2.45) is 11.8 Å². The van der Waals surface area contributed by atoms with Crippen molar-refractivity contribution in [1.82, 2.24) is 15.2 Å². The first-order valence-electron chi connectivity index (χ1n) is 11.4. The van der Waals surface area contributed by atoms with Crippen molar-refractivity contribution in [3.05, 3.63) is 23.9 Å². The summed E-state index contributed by atoms with van der Waals surface area (Å²) in [4.78, 5) is 54.3. The molecule has 9 heteroatoms. The van der Waals surface area contributed by atoms with Gasteiger partial charge < -0.3 is 15.0 Å². The predicted octanol–water partition coefficient (Wildman–Crippen LogP) is 1.59. The Morgan fingerprint density at radius 2 is 1.91 bits per heavy atom. The topological polar surface area (TPSA) is 118 Å². The third-order valence-electron chi connectivity index (χ3n) is 6.89. The molecule has 0 aromatic carbocycles. The van der Waals surface area contributed by atoms with Crippen molar-refractivity contribution in [2.45, 2.75) is 56.9 Å². The van der Waals surface area contributed by atoms with Crippen LogP contribution >= 0.6 is 0 Å². The Kier molecular flexibility index (Phi) is 6.72. The van der Waals surface area contributed by atoms with Crippen LogP contribution in [0.1, 0.15) is 56.4 Å². The van der Waals surface area contributed by atoms with Gasteiger partial charge in [-0.3, -0.25) is 24.5 Å². The minimum atomic E-state index is -0.334. The average molecular weight is 443 g/mol. The predicted molar refractivity (Wildman–Crippen MR) is 115 cm³/mol.